The van der Waals surface area contributed by atoms with Crippen molar-refractivity contribution in [3.8, 4) is 0 Å². The number of aliphatic hydroxyl groups is 1. The van der Waals surface area contributed by atoms with Gasteiger partial charge in [-0.15, -0.1) is 11.3 Å². The fourth-order valence-corrected chi connectivity index (χ4v) is 3.89. The maximum atomic E-state index is 12.3. The van der Waals surface area contributed by atoms with E-state index in [4.69, 9.17) is 0 Å². The highest BCUT2D eigenvalue weighted by Gasteiger charge is 2.28. The second-order valence-corrected chi connectivity index (χ2v) is 5.92. The largest absolute Gasteiger partial charge is 0.391 e. The van der Waals surface area contributed by atoms with Crippen molar-refractivity contribution in [1.29, 1.82) is 0 Å². The van der Waals surface area contributed by atoms with E-state index in [1.807, 2.05) is 5.38 Å². The van der Waals surface area contributed by atoms with Crippen LogP contribution in [0.4, 0.5) is 0 Å². The van der Waals surface area contributed by atoms with Crippen LogP contribution in [0.3, 0.4) is 0 Å². The normalized spacial score (nSPS) is 23.8. The molecule has 0 saturated carbocycles. The van der Waals surface area contributed by atoms with Gasteiger partial charge >= 0.3 is 0 Å². The van der Waals surface area contributed by atoms with E-state index >= 15 is 0 Å². The summed E-state index contributed by atoms with van der Waals surface area (Å²) in [4.78, 5) is 15.5. The zero-order chi connectivity index (χ0) is 11.8. The summed E-state index contributed by atoms with van der Waals surface area (Å²) in [6.07, 6.45) is 5.04. The molecule has 1 aromatic rings. The monoisotopic (exact) mass is 251 g/mol. The smallest absolute Gasteiger partial charge is 0.255 e. The number of aryl methyl sites for hydroxylation is 1. The number of carbonyl (C=O) groups excluding carboxylic acids is 1. The van der Waals surface area contributed by atoms with E-state index in [-0.39, 0.29) is 12.0 Å². The SMILES string of the molecule is O=C(c1csc2c1CCCC2)N1CCC(O)C1. The molecule has 1 aliphatic carbocycles. The van der Waals surface area contributed by atoms with Gasteiger partial charge in [-0.1, -0.05) is 0 Å². The maximum Gasteiger partial charge on any atom is 0.255 e. The van der Waals surface area contributed by atoms with E-state index in [0.29, 0.717) is 13.1 Å². The Morgan fingerprint density at radius 3 is 3.00 bits per heavy atom. The second-order valence-electron chi connectivity index (χ2n) is 4.95. The topological polar surface area (TPSA) is 40.5 Å². The van der Waals surface area contributed by atoms with Crippen LogP contribution in [0.5, 0.6) is 0 Å². The fourth-order valence-electron chi connectivity index (χ4n) is 2.77. The first-order chi connectivity index (χ1) is 8.25. The van der Waals surface area contributed by atoms with Gasteiger partial charge in [0.1, 0.15) is 0 Å². The minimum atomic E-state index is -0.326. The Bertz CT molecular complexity index is 441. The molecule has 0 aromatic carbocycles. The van der Waals surface area contributed by atoms with Crippen LogP contribution in [-0.4, -0.2) is 35.1 Å². The first kappa shape index (κ1) is 11.2. The molecule has 2 heterocycles. The lowest BCUT2D eigenvalue weighted by atomic mass is 9.95. The van der Waals surface area contributed by atoms with E-state index in [0.717, 1.165) is 24.8 Å². The van der Waals surface area contributed by atoms with E-state index in [1.54, 1.807) is 16.2 Å². The molecule has 3 nitrogen and oxygen atoms in total. The summed E-state index contributed by atoms with van der Waals surface area (Å²) < 4.78 is 0. The molecule has 0 radical (unpaired) electrons. The van der Waals surface area contributed by atoms with Crippen LogP contribution in [0.25, 0.3) is 0 Å². The van der Waals surface area contributed by atoms with Gasteiger partial charge in [-0.3, -0.25) is 4.79 Å². The zero-order valence-corrected chi connectivity index (χ0v) is 10.6. The predicted molar refractivity (Wildman–Crippen MR) is 67.5 cm³/mol. The minimum Gasteiger partial charge on any atom is -0.391 e. The predicted octanol–water partition coefficient (Wildman–Crippen LogP) is 1.83. The summed E-state index contributed by atoms with van der Waals surface area (Å²) in [6, 6.07) is 0. The Balaban J connectivity index is 1.84. The maximum absolute atomic E-state index is 12.3. The first-order valence-electron chi connectivity index (χ1n) is 6.32. The summed E-state index contributed by atoms with van der Waals surface area (Å²) in [7, 11) is 0. The summed E-state index contributed by atoms with van der Waals surface area (Å²) >= 11 is 1.73. The molecule has 0 bridgehead atoms. The molecule has 4 heteroatoms. The van der Waals surface area contributed by atoms with E-state index in [1.165, 1.54) is 23.3 Å². The zero-order valence-electron chi connectivity index (χ0n) is 9.82. The van der Waals surface area contributed by atoms with Gasteiger partial charge in [0.2, 0.25) is 0 Å². The number of β-amino-alcohol motifs (C(OH)–C–C–N with tert-alkyl or cyclic N) is 1. The van der Waals surface area contributed by atoms with Crippen molar-refractivity contribution in [3.63, 3.8) is 0 Å². The third-order valence-electron chi connectivity index (χ3n) is 3.74. The number of carbonyl (C=O) groups is 1. The number of hydrogen-bond donors (Lipinski definition) is 1. The van der Waals surface area contributed by atoms with Crippen LogP contribution in [-0.2, 0) is 12.8 Å². The number of nitrogens with zero attached hydrogens (tertiary/aromatic N) is 1. The molecule has 2 aliphatic rings. The van der Waals surface area contributed by atoms with Gasteiger partial charge in [0.15, 0.2) is 0 Å². The van der Waals surface area contributed by atoms with Gasteiger partial charge in [0.25, 0.3) is 5.91 Å². The van der Waals surface area contributed by atoms with Crippen LogP contribution in [0, 0.1) is 0 Å². The first-order valence-corrected chi connectivity index (χ1v) is 7.20. The molecule has 17 heavy (non-hydrogen) atoms. The van der Waals surface area contributed by atoms with Crippen molar-refractivity contribution in [1.82, 2.24) is 4.90 Å². The molecule has 1 amide bonds. The molecular formula is C13H17NO2S. The van der Waals surface area contributed by atoms with Crippen molar-refractivity contribution < 1.29 is 9.90 Å². The van der Waals surface area contributed by atoms with Gasteiger partial charge < -0.3 is 10.0 Å². The average molecular weight is 251 g/mol. The lowest BCUT2D eigenvalue weighted by Gasteiger charge is -2.17. The molecule has 1 saturated heterocycles. The Morgan fingerprint density at radius 2 is 2.24 bits per heavy atom. The van der Waals surface area contributed by atoms with Gasteiger partial charge in [-0.2, -0.15) is 0 Å². The van der Waals surface area contributed by atoms with Crippen LogP contribution in [0.2, 0.25) is 0 Å². The number of likely N-dealkylation sites (tertiary alicyclic amines) is 1. The second kappa shape index (κ2) is 4.42. The standard InChI is InChI=1S/C13H17NO2S/c15-9-5-6-14(7-9)13(16)11-8-17-12-4-2-1-3-10(11)12/h8-9,15H,1-7H2. The summed E-state index contributed by atoms with van der Waals surface area (Å²) in [5.74, 6) is 0.126. The van der Waals surface area contributed by atoms with Crippen molar-refractivity contribution >= 4 is 17.2 Å². The molecule has 3 rings (SSSR count). The lowest BCUT2D eigenvalue weighted by Crippen LogP contribution is -2.30. The highest BCUT2D eigenvalue weighted by atomic mass is 32.1. The molecule has 1 aliphatic heterocycles. The summed E-state index contributed by atoms with van der Waals surface area (Å²) in [5, 5.41) is 11.5. The average Bonchev–Trinajstić information content (AvgIpc) is 2.94. The van der Waals surface area contributed by atoms with Gasteiger partial charge in [-0.05, 0) is 37.7 Å². The fraction of sp³-hybridized carbons (Fsp3) is 0.615. The highest BCUT2D eigenvalue weighted by molar-refractivity contribution is 7.10. The van der Waals surface area contributed by atoms with Crippen LogP contribution in [0.1, 0.15) is 40.1 Å². The number of hydrogen-bond acceptors (Lipinski definition) is 3. The Kier molecular flexibility index (Phi) is 2.92. The molecule has 92 valence electrons. The lowest BCUT2D eigenvalue weighted by molar-refractivity contribution is 0.0764. The van der Waals surface area contributed by atoms with Gasteiger partial charge in [0.05, 0.1) is 11.7 Å². The van der Waals surface area contributed by atoms with E-state index in [2.05, 4.69) is 0 Å². The Labute approximate surface area is 105 Å². The van der Waals surface area contributed by atoms with Crippen LogP contribution < -0.4 is 0 Å². The van der Waals surface area contributed by atoms with Crippen LogP contribution in [0.15, 0.2) is 5.38 Å². The summed E-state index contributed by atoms with van der Waals surface area (Å²) in [6.45, 7) is 1.20. The number of fused-ring (bicyclic) bond motifs is 1. The van der Waals surface area contributed by atoms with E-state index < -0.39 is 0 Å². The van der Waals surface area contributed by atoms with Crippen molar-refractivity contribution in [2.24, 2.45) is 0 Å². The van der Waals surface area contributed by atoms with Crippen LogP contribution >= 0.6 is 11.3 Å². The minimum absolute atomic E-state index is 0.126. The van der Waals surface area contributed by atoms with E-state index in [9.17, 15) is 9.90 Å². The molecular weight excluding hydrogens is 234 g/mol. The Hall–Kier alpha value is -0.870. The third-order valence-corrected chi connectivity index (χ3v) is 4.83. The Morgan fingerprint density at radius 1 is 1.41 bits per heavy atom. The number of aliphatic hydroxyl groups excluding tert-OH is 1. The number of thiophene rings is 1. The van der Waals surface area contributed by atoms with Gasteiger partial charge in [-0.25, -0.2) is 0 Å². The van der Waals surface area contributed by atoms with Crippen molar-refractivity contribution in [3.05, 3.63) is 21.4 Å². The number of rotatable bonds is 1. The third kappa shape index (κ3) is 2.00. The number of amides is 1. The molecule has 1 N–H and O–H groups in total. The molecule has 1 fully saturated rings. The summed E-state index contributed by atoms with van der Waals surface area (Å²) in [5.41, 5.74) is 2.19. The van der Waals surface area contributed by atoms with Gasteiger partial charge in [0, 0.05) is 23.3 Å². The highest BCUT2D eigenvalue weighted by Crippen LogP contribution is 2.31. The van der Waals surface area contributed by atoms with Crippen molar-refractivity contribution in [2.45, 2.75) is 38.2 Å². The quantitative estimate of drug-likeness (QED) is 0.827. The molecule has 1 atom stereocenters. The van der Waals surface area contributed by atoms with Crippen molar-refractivity contribution in [2.75, 3.05) is 13.1 Å². The molecule has 1 aromatic heterocycles. The molecule has 1 unspecified atom stereocenters. The molecule has 0 spiro atoms.